The van der Waals surface area contributed by atoms with Crippen molar-refractivity contribution in [2.45, 2.75) is 12.5 Å². The molecule has 1 rings (SSSR count). The Hall–Kier alpha value is -1.62. The van der Waals surface area contributed by atoms with Gasteiger partial charge in [-0.3, -0.25) is 14.2 Å². The topological polar surface area (TPSA) is 91.1 Å². The summed E-state index contributed by atoms with van der Waals surface area (Å²) >= 11 is 0. The first kappa shape index (κ1) is 9.47. The standard InChI is InChI=1S/C8H11N3O2/c9-6(8(10)13)5-7(12)11-3-1-2-4-11/h1-4,6H,5,9H2,(H2,10,13)/t6-/m0/s1. The third-order valence-electron chi connectivity index (χ3n) is 1.65. The van der Waals surface area contributed by atoms with E-state index < -0.39 is 11.9 Å². The second-order valence-corrected chi connectivity index (χ2v) is 2.70. The first-order valence-electron chi connectivity index (χ1n) is 3.82. The maximum Gasteiger partial charge on any atom is 0.234 e. The fourth-order valence-corrected chi connectivity index (χ4v) is 0.895. The van der Waals surface area contributed by atoms with Crippen molar-refractivity contribution in [3.8, 4) is 0 Å². The normalized spacial score (nSPS) is 12.4. The second-order valence-electron chi connectivity index (χ2n) is 2.70. The highest BCUT2D eigenvalue weighted by atomic mass is 16.2. The minimum atomic E-state index is -0.908. The van der Waals surface area contributed by atoms with E-state index in [-0.39, 0.29) is 12.3 Å². The molecule has 5 nitrogen and oxygen atoms in total. The van der Waals surface area contributed by atoms with Gasteiger partial charge in [-0.05, 0) is 12.1 Å². The molecule has 1 atom stereocenters. The van der Waals surface area contributed by atoms with Crippen LogP contribution >= 0.6 is 0 Å². The van der Waals surface area contributed by atoms with Crippen molar-refractivity contribution < 1.29 is 9.59 Å². The van der Waals surface area contributed by atoms with E-state index in [2.05, 4.69) is 0 Å². The van der Waals surface area contributed by atoms with Gasteiger partial charge in [0.05, 0.1) is 12.5 Å². The van der Waals surface area contributed by atoms with Gasteiger partial charge in [0.25, 0.3) is 0 Å². The van der Waals surface area contributed by atoms with Gasteiger partial charge in [0.15, 0.2) is 0 Å². The number of carbonyl (C=O) groups excluding carboxylic acids is 2. The van der Waals surface area contributed by atoms with E-state index in [0.29, 0.717) is 0 Å². The molecule has 5 heteroatoms. The number of amides is 1. The summed E-state index contributed by atoms with van der Waals surface area (Å²) in [4.78, 5) is 21.8. The smallest absolute Gasteiger partial charge is 0.234 e. The summed E-state index contributed by atoms with van der Waals surface area (Å²) in [5.74, 6) is -0.906. The monoisotopic (exact) mass is 181 g/mol. The fraction of sp³-hybridized carbons (Fsp3) is 0.250. The molecule has 0 aliphatic heterocycles. The molecule has 0 fully saturated rings. The number of primary amides is 1. The maximum atomic E-state index is 11.3. The molecule has 1 aromatic heterocycles. The van der Waals surface area contributed by atoms with E-state index in [1.807, 2.05) is 0 Å². The minimum absolute atomic E-state index is 0.0655. The lowest BCUT2D eigenvalue weighted by molar-refractivity contribution is -0.119. The number of rotatable bonds is 3. The molecule has 0 spiro atoms. The average Bonchev–Trinajstić information content (AvgIpc) is 2.55. The van der Waals surface area contributed by atoms with Crippen molar-refractivity contribution in [1.29, 1.82) is 0 Å². The van der Waals surface area contributed by atoms with Gasteiger partial charge in [-0.1, -0.05) is 0 Å². The Labute approximate surface area is 75.3 Å². The van der Waals surface area contributed by atoms with Gasteiger partial charge in [0.1, 0.15) is 0 Å². The summed E-state index contributed by atoms with van der Waals surface area (Å²) in [7, 11) is 0. The van der Waals surface area contributed by atoms with Gasteiger partial charge in [0.2, 0.25) is 11.8 Å². The lowest BCUT2D eigenvalue weighted by Crippen LogP contribution is -2.38. The van der Waals surface area contributed by atoms with Crippen molar-refractivity contribution in [3.63, 3.8) is 0 Å². The predicted molar refractivity (Wildman–Crippen MR) is 46.8 cm³/mol. The molecular weight excluding hydrogens is 170 g/mol. The van der Waals surface area contributed by atoms with Gasteiger partial charge in [-0.2, -0.15) is 0 Å². The van der Waals surface area contributed by atoms with Crippen molar-refractivity contribution in [3.05, 3.63) is 24.5 Å². The van der Waals surface area contributed by atoms with Crippen LogP contribution in [0.15, 0.2) is 24.5 Å². The third kappa shape index (κ3) is 2.41. The lowest BCUT2D eigenvalue weighted by Gasteiger charge is -2.06. The van der Waals surface area contributed by atoms with E-state index in [0.717, 1.165) is 0 Å². The van der Waals surface area contributed by atoms with Crippen LogP contribution in [0.25, 0.3) is 0 Å². The van der Waals surface area contributed by atoms with E-state index in [4.69, 9.17) is 11.5 Å². The van der Waals surface area contributed by atoms with Crippen LogP contribution in [0.1, 0.15) is 11.2 Å². The largest absolute Gasteiger partial charge is 0.368 e. The molecule has 0 aliphatic carbocycles. The van der Waals surface area contributed by atoms with E-state index in [1.54, 1.807) is 24.5 Å². The zero-order chi connectivity index (χ0) is 9.84. The number of carbonyl (C=O) groups is 2. The van der Waals surface area contributed by atoms with Gasteiger partial charge < -0.3 is 11.5 Å². The zero-order valence-corrected chi connectivity index (χ0v) is 7.01. The van der Waals surface area contributed by atoms with Crippen molar-refractivity contribution >= 4 is 11.8 Å². The van der Waals surface area contributed by atoms with Gasteiger partial charge in [-0.25, -0.2) is 0 Å². The second kappa shape index (κ2) is 3.86. The van der Waals surface area contributed by atoms with Crippen LogP contribution in [0.4, 0.5) is 0 Å². The molecule has 0 aromatic carbocycles. The van der Waals surface area contributed by atoms with Crippen LogP contribution in [0, 0.1) is 0 Å². The van der Waals surface area contributed by atoms with Crippen molar-refractivity contribution in [2.75, 3.05) is 0 Å². The molecule has 0 saturated carbocycles. The van der Waals surface area contributed by atoms with Crippen molar-refractivity contribution in [1.82, 2.24) is 4.57 Å². The van der Waals surface area contributed by atoms with Crippen LogP contribution < -0.4 is 11.5 Å². The Bertz CT molecular complexity index is 305. The molecule has 0 saturated heterocycles. The molecule has 70 valence electrons. The summed E-state index contributed by atoms with van der Waals surface area (Å²) in [5, 5.41) is 0. The van der Waals surface area contributed by atoms with Crippen LogP contribution in [-0.4, -0.2) is 22.4 Å². The molecule has 1 aromatic rings. The summed E-state index contributed by atoms with van der Waals surface area (Å²) in [6, 6.07) is 2.52. The minimum Gasteiger partial charge on any atom is -0.368 e. The zero-order valence-electron chi connectivity index (χ0n) is 7.01. The number of hydrogen-bond acceptors (Lipinski definition) is 3. The summed E-state index contributed by atoms with van der Waals surface area (Å²) < 4.78 is 1.36. The molecule has 4 N–H and O–H groups in total. The SMILES string of the molecule is NC(=O)[C@@H](N)CC(=O)n1cccc1. The van der Waals surface area contributed by atoms with Crippen LogP contribution in [-0.2, 0) is 4.79 Å². The summed E-state index contributed by atoms with van der Waals surface area (Å²) in [6.07, 6.45) is 3.12. The Morgan fingerprint density at radius 2 is 1.85 bits per heavy atom. The van der Waals surface area contributed by atoms with Crippen LogP contribution in [0.5, 0.6) is 0 Å². The quantitative estimate of drug-likeness (QED) is 0.647. The number of hydrogen-bond donors (Lipinski definition) is 2. The highest BCUT2D eigenvalue weighted by Crippen LogP contribution is 1.96. The number of aromatic nitrogens is 1. The highest BCUT2D eigenvalue weighted by Gasteiger charge is 2.14. The molecule has 0 aliphatic rings. The molecular formula is C8H11N3O2. The molecule has 0 radical (unpaired) electrons. The highest BCUT2D eigenvalue weighted by molar-refractivity contribution is 5.88. The first-order valence-corrected chi connectivity index (χ1v) is 3.82. The number of nitrogens with two attached hydrogens (primary N) is 2. The Morgan fingerprint density at radius 1 is 1.31 bits per heavy atom. The summed E-state index contributed by atoms with van der Waals surface area (Å²) in [5.41, 5.74) is 10.2. The first-order chi connectivity index (χ1) is 6.11. The van der Waals surface area contributed by atoms with Crippen LogP contribution in [0.3, 0.4) is 0 Å². The molecule has 1 amide bonds. The Morgan fingerprint density at radius 3 is 2.31 bits per heavy atom. The van der Waals surface area contributed by atoms with Gasteiger partial charge in [-0.15, -0.1) is 0 Å². The third-order valence-corrected chi connectivity index (χ3v) is 1.65. The lowest BCUT2D eigenvalue weighted by atomic mass is 10.2. The number of nitrogens with zero attached hydrogens (tertiary/aromatic N) is 1. The average molecular weight is 181 g/mol. The Kier molecular flexibility index (Phi) is 2.81. The maximum absolute atomic E-state index is 11.3. The molecule has 13 heavy (non-hydrogen) atoms. The van der Waals surface area contributed by atoms with E-state index in [9.17, 15) is 9.59 Å². The van der Waals surface area contributed by atoms with Crippen LogP contribution in [0.2, 0.25) is 0 Å². The fourth-order valence-electron chi connectivity index (χ4n) is 0.895. The van der Waals surface area contributed by atoms with E-state index in [1.165, 1.54) is 4.57 Å². The van der Waals surface area contributed by atoms with Gasteiger partial charge >= 0.3 is 0 Å². The molecule has 0 unspecified atom stereocenters. The summed E-state index contributed by atoms with van der Waals surface area (Å²) in [6.45, 7) is 0. The van der Waals surface area contributed by atoms with Crippen molar-refractivity contribution in [2.24, 2.45) is 11.5 Å². The predicted octanol–water partition coefficient (Wildman–Crippen LogP) is -0.669. The molecule has 0 bridgehead atoms. The molecule has 1 heterocycles. The Balaban J connectivity index is 2.56. The van der Waals surface area contributed by atoms with Gasteiger partial charge in [0, 0.05) is 12.4 Å². The van der Waals surface area contributed by atoms with E-state index >= 15 is 0 Å².